The molecule has 0 saturated heterocycles. The number of carbonyl (C=O) groups is 1. The Bertz CT molecular complexity index is 1150. The minimum atomic E-state index is -0.500. The van der Waals surface area contributed by atoms with E-state index in [0.29, 0.717) is 13.0 Å². The monoisotopic (exact) mass is 460 g/mol. The summed E-state index contributed by atoms with van der Waals surface area (Å²) in [7, 11) is 0. The van der Waals surface area contributed by atoms with Crippen molar-refractivity contribution in [1.29, 1.82) is 0 Å². The third-order valence-corrected chi connectivity index (χ3v) is 3.96. The van der Waals surface area contributed by atoms with E-state index in [4.69, 9.17) is 17.4 Å². The van der Waals surface area contributed by atoms with Crippen molar-refractivity contribution in [2.75, 3.05) is 0 Å². The number of carbonyl (C=O) groups excluding carboxylic acids is 1. The Hall–Kier alpha value is -1.96. The topological polar surface area (TPSA) is 129 Å². The number of aromatic amines is 2. The predicted octanol–water partition coefficient (Wildman–Crippen LogP) is 1.39. The summed E-state index contributed by atoms with van der Waals surface area (Å²) in [6.45, 7) is 12.5. The van der Waals surface area contributed by atoms with Crippen LogP contribution in [-0.4, -0.2) is 32.1 Å². The molecule has 32 heavy (non-hydrogen) atoms. The number of H-pyrrole nitrogens is 2. The molecule has 2 aromatic heterocycles. The number of primary amides is 1. The summed E-state index contributed by atoms with van der Waals surface area (Å²) in [5, 5.41) is 10.8. The van der Waals surface area contributed by atoms with Gasteiger partial charge in [0.05, 0.1) is 17.6 Å². The third kappa shape index (κ3) is 10.1. The molecule has 164 valence electrons. The van der Waals surface area contributed by atoms with Crippen molar-refractivity contribution >= 4 is 27.7 Å². The van der Waals surface area contributed by atoms with Gasteiger partial charge >= 0.3 is 51.4 Å². The molecule has 2 aromatic carbocycles. The van der Waals surface area contributed by atoms with Crippen LogP contribution in [0.3, 0.4) is 0 Å². The number of aromatic nitrogens is 2. The van der Waals surface area contributed by atoms with Crippen LogP contribution in [0.2, 0.25) is 0 Å². The summed E-state index contributed by atoms with van der Waals surface area (Å²) in [5.41, 5.74) is 8.82. The first kappa shape index (κ1) is 30.0. The minimum Gasteiger partial charge on any atom is -0.870 e. The predicted molar refractivity (Wildman–Crippen MR) is 124 cm³/mol. The van der Waals surface area contributed by atoms with Crippen LogP contribution in [0.1, 0.15) is 31.9 Å². The van der Waals surface area contributed by atoms with Crippen molar-refractivity contribution < 1.29 is 66.8 Å². The van der Waals surface area contributed by atoms with E-state index < -0.39 is 5.60 Å². The first-order valence-electron chi connectivity index (χ1n) is 9.63. The smallest absolute Gasteiger partial charge is 0.870 e. The molecule has 0 bridgehead atoms. The normalized spacial score (nSPS) is 9.84. The zero-order valence-corrected chi connectivity index (χ0v) is 22.1. The summed E-state index contributed by atoms with van der Waals surface area (Å²) in [5.74, 6) is -0.301. The second-order valence-corrected chi connectivity index (χ2v) is 7.85. The van der Waals surface area contributed by atoms with Gasteiger partial charge in [-0.25, -0.2) is 6.57 Å². The number of aliphatic hydroxyl groups is 1. The van der Waals surface area contributed by atoms with Crippen molar-refractivity contribution in [2.24, 2.45) is 5.73 Å². The molecule has 0 saturated carbocycles. The molecule has 2 heterocycles. The summed E-state index contributed by atoms with van der Waals surface area (Å²) in [6, 6.07) is 15.9. The number of para-hydroxylation sites is 2. The fraction of sp³-hybridized carbons (Fsp3) is 0.250. The number of amides is 1. The van der Waals surface area contributed by atoms with E-state index >= 15 is 0 Å². The number of rotatable bonds is 3. The Morgan fingerprint density at radius 3 is 1.81 bits per heavy atom. The van der Waals surface area contributed by atoms with Crippen molar-refractivity contribution in [3.63, 3.8) is 0 Å². The number of nitrogens with zero attached hydrogens (tertiary/aromatic N) is 1. The average molecular weight is 461 g/mol. The number of nitrogens with two attached hydrogens (primary N) is 1. The number of nitrogens with one attached hydrogen (secondary N) is 2. The largest absolute Gasteiger partial charge is 1.00 e. The van der Waals surface area contributed by atoms with Crippen molar-refractivity contribution in [3.8, 4) is 0 Å². The first-order valence-corrected chi connectivity index (χ1v) is 9.63. The van der Waals surface area contributed by atoms with Crippen LogP contribution >= 0.6 is 0 Å². The maximum absolute atomic E-state index is 10.7. The Morgan fingerprint density at radius 1 is 0.969 bits per heavy atom. The van der Waals surface area contributed by atoms with Gasteiger partial charge in [-0.05, 0) is 38.5 Å². The molecule has 0 aliphatic carbocycles. The Labute approximate surface area is 231 Å². The van der Waals surface area contributed by atoms with Crippen LogP contribution in [0, 0.1) is 6.57 Å². The molecule has 6 N–H and O–H groups in total. The number of hydrogen-bond donors (Lipinski definition) is 4. The quantitative estimate of drug-likeness (QED) is 0.272. The zero-order chi connectivity index (χ0) is 22.1. The Balaban J connectivity index is 0.000000476. The summed E-state index contributed by atoms with van der Waals surface area (Å²) >= 11 is 0. The molecular formula is C24H29KN4O3. The second-order valence-electron chi connectivity index (χ2n) is 7.85. The zero-order valence-electron chi connectivity index (χ0n) is 19.0. The summed E-state index contributed by atoms with van der Waals surface area (Å²) in [4.78, 5) is 20.3. The van der Waals surface area contributed by atoms with Gasteiger partial charge in [-0.15, -0.1) is 0 Å². The van der Waals surface area contributed by atoms with E-state index in [-0.39, 0.29) is 62.8 Å². The SMILES string of the molecule is CC(C)(C)O.NC(=O)Cc1c[nH]c2ccccc12.[C-]#[N+]Cc1c[nH]c2ccccc12.[K+].[OH-]. The van der Waals surface area contributed by atoms with E-state index in [1.807, 2.05) is 60.9 Å². The van der Waals surface area contributed by atoms with Crippen LogP contribution < -0.4 is 57.1 Å². The minimum absolute atomic E-state index is 0. The summed E-state index contributed by atoms with van der Waals surface area (Å²) < 4.78 is 0. The molecule has 0 atom stereocenters. The van der Waals surface area contributed by atoms with Gasteiger partial charge in [0, 0.05) is 34.2 Å². The molecule has 0 aliphatic rings. The van der Waals surface area contributed by atoms with E-state index in [1.165, 1.54) is 0 Å². The van der Waals surface area contributed by atoms with Crippen LogP contribution in [0.15, 0.2) is 60.9 Å². The van der Waals surface area contributed by atoms with Gasteiger partial charge < -0.3 is 31.1 Å². The third-order valence-electron chi connectivity index (χ3n) is 3.96. The maximum atomic E-state index is 10.7. The Kier molecular flexibility index (Phi) is 13.4. The van der Waals surface area contributed by atoms with E-state index in [2.05, 4.69) is 14.8 Å². The molecule has 0 spiro atoms. The number of hydrogen-bond acceptors (Lipinski definition) is 3. The van der Waals surface area contributed by atoms with Gasteiger partial charge in [0.1, 0.15) is 0 Å². The molecule has 0 aliphatic heterocycles. The Morgan fingerprint density at radius 2 is 1.38 bits per heavy atom. The fourth-order valence-electron chi connectivity index (χ4n) is 2.81. The molecule has 4 rings (SSSR count). The average Bonchev–Trinajstić information content (AvgIpc) is 3.26. The molecule has 7 nitrogen and oxygen atoms in total. The molecule has 0 unspecified atom stereocenters. The standard InChI is InChI=1S/C10H10N2O.C10H8N2.C4H10O.K.H2O/c11-10(13)5-7-6-12-9-4-2-1-3-8(7)9;1-11-6-8-7-12-10-5-3-2-4-9(8)10;1-4(2,3)5;;/h1-4,6,12H,5H2,(H2,11,13);2-5,7,12H,6H2;5H,1-3H3;;1H2/q;;;+1;/p-1. The second kappa shape index (κ2) is 14.2. The molecule has 0 radical (unpaired) electrons. The van der Waals surface area contributed by atoms with Gasteiger partial charge in [0.2, 0.25) is 12.5 Å². The molecular weight excluding hydrogens is 431 g/mol. The van der Waals surface area contributed by atoms with Gasteiger partial charge in [-0.1, -0.05) is 36.4 Å². The van der Waals surface area contributed by atoms with Crippen molar-refractivity contribution in [3.05, 3.63) is 83.5 Å². The van der Waals surface area contributed by atoms with Gasteiger partial charge in [-0.2, -0.15) is 0 Å². The van der Waals surface area contributed by atoms with Gasteiger partial charge in [-0.3, -0.25) is 4.79 Å². The van der Waals surface area contributed by atoms with E-state index in [0.717, 1.165) is 32.9 Å². The molecule has 1 amide bonds. The molecule has 0 fully saturated rings. The van der Waals surface area contributed by atoms with E-state index in [1.54, 1.807) is 20.8 Å². The number of benzene rings is 2. The first-order chi connectivity index (χ1) is 14.2. The maximum Gasteiger partial charge on any atom is 1.00 e. The van der Waals surface area contributed by atoms with E-state index in [9.17, 15) is 4.79 Å². The van der Waals surface area contributed by atoms with Gasteiger partial charge in [0.15, 0.2) is 0 Å². The summed E-state index contributed by atoms with van der Waals surface area (Å²) in [6.07, 6.45) is 4.03. The van der Waals surface area contributed by atoms with Crippen molar-refractivity contribution in [2.45, 2.75) is 39.3 Å². The van der Waals surface area contributed by atoms with Crippen LogP contribution in [0.5, 0.6) is 0 Å². The van der Waals surface area contributed by atoms with Gasteiger partial charge in [0.25, 0.3) is 0 Å². The van der Waals surface area contributed by atoms with Crippen LogP contribution in [0.25, 0.3) is 26.7 Å². The van der Waals surface area contributed by atoms with Crippen LogP contribution in [0.4, 0.5) is 0 Å². The van der Waals surface area contributed by atoms with Crippen LogP contribution in [-0.2, 0) is 17.8 Å². The molecule has 4 aromatic rings. The molecule has 8 heteroatoms. The number of fused-ring (bicyclic) bond motifs is 2. The van der Waals surface area contributed by atoms with Crippen molar-refractivity contribution in [1.82, 2.24) is 9.97 Å². The fourth-order valence-corrected chi connectivity index (χ4v) is 2.81.